The van der Waals surface area contributed by atoms with Crippen LogP contribution in [0.25, 0.3) is 0 Å². The molecular formula is C21H18F2N2O2S. The fourth-order valence-electron chi connectivity index (χ4n) is 2.44. The number of carbonyl (C=O) groups is 1. The number of nitrogens with one attached hydrogen (secondary N) is 1. The molecule has 0 bridgehead atoms. The lowest BCUT2D eigenvalue weighted by Crippen LogP contribution is -2.22. The van der Waals surface area contributed by atoms with Crippen LogP contribution in [0.2, 0.25) is 0 Å². The number of halogens is 2. The van der Waals surface area contributed by atoms with Gasteiger partial charge in [0.15, 0.2) is 0 Å². The molecule has 0 saturated heterocycles. The van der Waals surface area contributed by atoms with Crippen LogP contribution < -0.4 is 10.1 Å². The Balaban J connectivity index is 1.53. The maximum atomic E-state index is 12.3. The zero-order valence-electron chi connectivity index (χ0n) is 14.8. The molecular weight excluding hydrogens is 382 g/mol. The summed E-state index contributed by atoms with van der Waals surface area (Å²) in [6.07, 6.45) is 1.62. The van der Waals surface area contributed by atoms with E-state index in [1.54, 1.807) is 18.3 Å². The summed E-state index contributed by atoms with van der Waals surface area (Å²) in [5, 5.41) is 2.80. The number of alkyl halides is 2. The highest BCUT2D eigenvalue weighted by molar-refractivity contribution is 7.99. The van der Waals surface area contributed by atoms with Gasteiger partial charge in [-0.15, -0.1) is 0 Å². The Morgan fingerprint density at radius 3 is 2.50 bits per heavy atom. The molecule has 1 heterocycles. The van der Waals surface area contributed by atoms with Gasteiger partial charge in [0.1, 0.15) is 6.61 Å². The zero-order chi connectivity index (χ0) is 19.8. The first kappa shape index (κ1) is 19.8. The van der Waals surface area contributed by atoms with E-state index in [0.29, 0.717) is 41.3 Å². The van der Waals surface area contributed by atoms with E-state index in [4.69, 9.17) is 4.74 Å². The topological polar surface area (TPSA) is 51.2 Å². The third kappa shape index (κ3) is 6.06. The maximum Gasteiger partial charge on any atom is 0.288 e. The van der Waals surface area contributed by atoms with Crippen molar-refractivity contribution in [3.05, 3.63) is 89.6 Å². The van der Waals surface area contributed by atoms with Crippen LogP contribution in [-0.2, 0) is 13.2 Å². The monoisotopic (exact) mass is 400 g/mol. The van der Waals surface area contributed by atoms with Crippen LogP contribution in [0.15, 0.2) is 77.8 Å². The van der Waals surface area contributed by atoms with Crippen molar-refractivity contribution in [2.24, 2.45) is 0 Å². The molecule has 1 aromatic heterocycles. The third-order valence-electron chi connectivity index (χ3n) is 3.82. The van der Waals surface area contributed by atoms with Gasteiger partial charge in [-0.1, -0.05) is 42.1 Å². The molecule has 2 aromatic carbocycles. The highest BCUT2D eigenvalue weighted by Gasteiger charge is 2.09. The van der Waals surface area contributed by atoms with Gasteiger partial charge in [-0.05, 0) is 41.5 Å². The molecule has 0 aliphatic rings. The van der Waals surface area contributed by atoms with Crippen molar-refractivity contribution < 1.29 is 18.3 Å². The minimum Gasteiger partial charge on any atom is -0.473 e. The normalized spacial score (nSPS) is 10.7. The standard InChI is InChI=1S/C21H18F2N2O2S/c22-21(23)28-18-8-6-17(7-9-18)20(26)25-13-16-10-11-24-19(12-16)27-14-15-4-2-1-3-5-15/h1-12,21H,13-14H2,(H,25,26). The summed E-state index contributed by atoms with van der Waals surface area (Å²) >= 11 is 0.448. The Morgan fingerprint density at radius 1 is 1.04 bits per heavy atom. The summed E-state index contributed by atoms with van der Waals surface area (Å²) in [7, 11) is 0. The predicted octanol–water partition coefficient (Wildman–Crippen LogP) is 4.91. The van der Waals surface area contributed by atoms with E-state index < -0.39 is 5.76 Å². The second kappa shape index (κ2) is 9.85. The quantitative estimate of drug-likeness (QED) is 0.546. The second-order valence-electron chi connectivity index (χ2n) is 5.86. The fraction of sp³-hybridized carbons (Fsp3) is 0.143. The van der Waals surface area contributed by atoms with Crippen molar-refractivity contribution in [2.75, 3.05) is 0 Å². The minimum atomic E-state index is -2.48. The fourth-order valence-corrected chi connectivity index (χ4v) is 2.94. The first-order valence-electron chi connectivity index (χ1n) is 8.55. The van der Waals surface area contributed by atoms with Crippen LogP contribution in [0.4, 0.5) is 8.78 Å². The SMILES string of the molecule is O=C(NCc1ccnc(OCc2ccccc2)c1)c1ccc(SC(F)F)cc1. The number of pyridine rings is 1. The number of carbonyl (C=O) groups excluding carboxylic acids is 1. The number of hydrogen-bond donors (Lipinski definition) is 1. The zero-order valence-corrected chi connectivity index (χ0v) is 15.7. The Bertz CT molecular complexity index is 906. The highest BCUT2D eigenvalue weighted by Crippen LogP contribution is 2.25. The molecule has 0 aliphatic carbocycles. The third-order valence-corrected chi connectivity index (χ3v) is 4.55. The van der Waals surface area contributed by atoms with Gasteiger partial charge in [0.2, 0.25) is 5.88 Å². The molecule has 7 heteroatoms. The molecule has 0 unspecified atom stereocenters. The highest BCUT2D eigenvalue weighted by atomic mass is 32.2. The molecule has 0 atom stereocenters. The molecule has 0 radical (unpaired) electrons. The molecule has 0 aliphatic heterocycles. The van der Waals surface area contributed by atoms with Crippen molar-refractivity contribution in [3.63, 3.8) is 0 Å². The van der Waals surface area contributed by atoms with E-state index in [2.05, 4.69) is 10.3 Å². The number of ether oxygens (including phenoxy) is 1. The Hall–Kier alpha value is -2.93. The largest absolute Gasteiger partial charge is 0.473 e. The summed E-state index contributed by atoms with van der Waals surface area (Å²) in [5.41, 5.74) is 2.29. The Morgan fingerprint density at radius 2 is 1.79 bits per heavy atom. The molecule has 4 nitrogen and oxygen atoms in total. The number of nitrogens with zero attached hydrogens (tertiary/aromatic N) is 1. The average molecular weight is 400 g/mol. The Kier molecular flexibility index (Phi) is 6.97. The van der Waals surface area contributed by atoms with Crippen molar-refractivity contribution in [3.8, 4) is 5.88 Å². The van der Waals surface area contributed by atoms with E-state index in [9.17, 15) is 13.6 Å². The smallest absolute Gasteiger partial charge is 0.288 e. The van der Waals surface area contributed by atoms with E-state index in [1.165, 1.54) is 24.3 Å². The van der Waals surface area contributed by atoms with E-state index in [0.717, 1.165) is 11.1 Å². The van der Waals surface area contributed by atoms with Crippen LogP contribution >= 0.6 is 11.8 Å². The van der Waals surface area contributed by atoms with Gasteiger partial charge in [-0.3, -0.25) is 4.79 Å². The van der Waals surface area contributed by atoms with Gasteiger partial charge in [0, 0.05) is 29.3 Å². The predicted molar refractivity (Wildman–Crippen MR) is 104 cm³/mol. The van der Waals surface area contributed by atoms with E-state index in [1.807, 2.05) is 30.3 Å². The van der Waals surface area contributed by atoms with Crippen molar-refractivity contribution in [2.45, 2.75) is 23.8 Å². The molecule has 0 saturated carbocycles. The number of benzene rings is 2. The molecule has 1 N–H and O–H groups in total. The molecule has 28 heavy (non-hydrogen) atoms. The summed E-state index contributed by atoms with van der Waals surface area (Å²) in [4.78, 5) is 16.8. The van der Waals surface area contributed by atoms with Crippen molar-refractivity contribution in [1.82, 2.24) is 10.3 Å². The maximum absolute atomic E-state index is 12.3. The number of aromatic nitrogens is 1. The lowest BCUT2D eigenvalue weighted by molar-refractivity contribution is 0.0950. The molecule has 0 spiro atoms. The van der Waals surface area contributed by atoms with Crippen LogP contribution in [0, 0.1) is 0 Å². The van der Waals surface area contributed by atoms with Crippen molar-refractivity contribution >= 4 is 17.7 Å². The van der Waals surface area contributed by atoms with Crippen LogP contribution in [0.5, 0.6) is 5.88 Å². The van der Waals surface area contributed by atoms with Gasteiger partial charge in [-0.2, -0.15) is 8.78 Å². The molecule has 0 fully saturated rings. The van der Waals surface area contributed by atoms with Gasteiger partial charge >= 0.3 is 0 Å². The number of hydrogen-bond acceptors (Lipinski definition) is 4. The lowest BCUT2D eigenvalue weighted by atomic mass is 10.2. The number of rotatable bonds is 8. The Labute approximate surface area is 166 Å². The first-order valence-corrected chi connectivity index (χ1v) is 9.43. The minimum absolute atomic E-state index is 0.280. The molecule has 144 valence electrons. The summed E-state index contributed by atoms with van der Waals surface area (Å²) in [6.45, 7) is 0.712. The van der Waals surface area contributed by atoms with E-state index in [-0.39, 0.29) is 5.91 Å². The summed E-state index contributed by atoms with van der Waals surface area (Å²) in [5.74, 6) is -2.29. The van der Waals surface area contributed by atoms with Gasteiger partial charge < -0.3 is 10.1 Å². The first-order chi connectivity index (χ1) is 13.6. The molecule has 1 amide bonds. The summed E-state index contributed by atoms with van der Waals surface area (Å²) < 4.78 is 30.4. The van der Waals surface area contributed by atoms with Crippen molar-refractivity contribution in [1.29, 1.82) is 0 Å². The van der Waals surface area contributed by atoms with Crippen LogP contribution in [-0.4, -0.2) is 16.6 Å². The van der Waals surface area contributed by atoms with Crippen LogP contribution in [0.3, 0.4) is 0 Å². The molecule has 3 rings (SSSR count). The van der Waals surface area contributed by atoms with Gasteiger partial charge in [-0.25, -0.2) is 4.98 Å². The number of thioether (sulfide) groups is 1. The average Bonchev–Trinajstić information content (AvgIpc) is 2.72. The van der Waals surface area contributed by atoms with Gasteiger partial charge in [0.05, 0.1) is 0 Å². The summed E-state index contributed by atoms with van der Waals surface area (Å²) in [6, 6.07) is 19.4. The van der Waals surface area contributed by atoms with Crippen LogP contribution in [0.1, 0.15) is 21.5 Å². The van der Waals surface area contributed by atoms with Gasteiger partial charge in [0.25, 0.3) is 11.7 Å². The lowest BCUT2D eigenvalue weighted by Gasteiger charge is -2.09. The molecule has 3 aromatic rings. The second-order valence-corrected chi connectivity index (χ2v) is 6.93. The number of amides is 1. The van der Waals surface area contributed by atoms with E-state index >= 15 is 0 Å².